The average molecular weight is 391 g/mol. The number of carbonyl (C=O) groups excluding carboxylic acids is 2. The number of para-hydroxylation sites is 1. The second-order valence-electron chi connectivity index (χ2n) is 7.70. The van der Waals surface area contributed by atoms with E-state index >= 15 is 0 Å². The molecule has 0 atom stereocenters. The van der Waals surface area contributed by atoms with E-state index in [1.54, 1.807) is 13.8 Å². The van der Waals surface area contributed by atoms with E-state index in [0.29, 0.717) is 12.4 Å². The van der Waals surface area contributed by atoms with Crippen LogP contribution in [0.3, 0.4) is 0 Å². The lowest BCUT2D eigenvalue weighted by Crippen LogP contribution is -2.29. The van der Waals surface area contributed by atoms with Crippen molar-refractivity contribution < 1.29 is 19.1 Å². The number of esters is 1. The van der Waals surface area contributed by atoms with E-state index in [-0.39, 0.29) is 24.6 Å². The number of hydrogen-bond acceptors (Lipinski definition) is 5. The fourth-order valence-corrected chi connectivity index (χ4v) is 3.18. The summed E-state index contributed by atoms with van der Waals surface area (Å²) in [4.78, 5) is 28.6. The van der Waals surface area contributed by atoms with Gasteiger partial charge in [-0.1, -0.05) is 36.4 Å². The molecule has 0 fully saturated rings. The van der Waals surface area contributed by atoms with Crippen molar-refractivity contribution in [3.63, 3.8) is 0 Å². The monoisotopic (exact) mass is 391 g/mol. The Morgan fingerprint density at radius 1 is 0.966 bits per heavy atom. The zero-order valence-electron chi connectivity index (χ0n) is 17.0. The van der Waals surface area contributed by atoms with Crippen molar-refractivity contribution in [1.82, 2.24) is 4.98 Å². The maximum atomic E-state index is 12.3. The summed E-state index contributed by atoms with van der Waals surface area (Å²) >= 11 is 0. The number of carbonyl (C=O) groups is 2. The van der Waals surface area contributed by atoms with Gasteiger partial charge in [-0.3, -0.25) is 9.59 Å². The van der Waals surface area contributed by atoms with Crippen LogP contribution >= 0.6 is 0 Å². The van der Waals surface area contributed by atoms with Gasteiger partial charge < -0.3 is 9.47 Å². The van der Waals surface area contributed by atoms with Gasteiger partial charge in [0.15, 0.2) is 0 Å². The van der Waals surface area contributed by atoms with E-state index in [0.717, 1.165) is 22.2 Å². The fourth-order valence-electron chi connectivity index (χ4n) is 3.18. The zero-order chi connectivity index (χ0) is 20.9. The molecule has 0 N–H and O–H groups in total. The van der Waals surface area contributed by atoms with Crippen molar-refractivity contribution in [2.75, 3.05) is 7.11 Å². The highest BCUT2D eigenvalue weighted by Crippen LogP contribution is 2.24. The van der Waals surface area contributed by atoms with Gasteiger partial charge in [-0.2, -0.15) is 0 Å². The molecule has 0 saturated carbocycles. The minimum Gasteiger partial charge on any atom is -0.487 e. The molecule has 1 aromatic heterocycles. The molecule has 0 aliphatic rings. The SMILES string of the molecule is COC(=O)C(C)(C)CC(=O)Cc1ccc(OCc2ccc3ccccc3n2)cc1. The summed E-state index contributed by atoms with van der Waals surface area (Å²) in [6.45, 7) is 3.80. The van der Waals surface area contributed by atoms with Crippen molar-refractivity contribution in [3.8, 4) is 5.75 Å². The van der Waals surface area contributed by atoms with E-state index in [1.165, 1.54) is 7.11 Å². The molecule has 5 heteroatoms. The number of ether oxygens (including phenoxy) is 2. The Kier molecular flexibility index (Phi) is 6.27. The highest BCUT2D eigenvalue weighted by molar-refractivity contribution is 5.87. The molecule has 0 saturated heterocycles. The van der Waals surface area contributed by atoms with E-state index < -0.39 is 5.41 Å². The summed E-state index contributed by atoms with van der Waals surface area (Å²) in [5.74, 6) is 0.331. The second-order valence-corrected chi connectivity index (χ2v) is 7.70. The Morgan fingerprint density at radius 3 is 2.41 bits per heavy atom. The predicted molar refractivity (Wildman–Crippen MR) is 112 cm³/mol. The summed E-state index contributed by atoms with van der Waals surface area (Å²) in [6.07, 6.45) is 0.415. The quantitative estimate of drug-likeness (QED) is 0.529. The second kappa shape index (κ2) is 8.86. The van der Waals surface area contributed by atoms with Crippen LogP contribution in [0.5, 0.6) is 5.75 Å². The number of rotatable bonds is 8. The number of Topliss-reactive ketones (excluding diaryl/α,β-unsaturated/α-hetero) is 1. The molecule has 2 aromatic carbocycles. The van der Waals surface area contributed by atoms with Crippen molar-refractivity contribution in [3.05, 3.63) is 71.9 Å². The third-order valence-electron chi connectivity index (χ3n) is 4.74. The van der Waals surface area contributed by atoms with Gasteiger partial charge in [0.1, 0.15) is 18.1 Å². The molecule has 29 heavy (non-hydrogen) atoms. The molecule has 0 amide bonds. The van der Waals surface area contributed by atoms with Crippen LogP contribution in [-0.4, -0.2) is 23.8 Å². The topological polar surface area (TPSA) is 65.5 Å². The highest BCUT2D eigenvalue weighted by Gasteiger charge is 2.31. The predicted octanol–water partition coefficient (Wildman–Crippen LogP) is 4.51. The van der Waals surface area contributed by atoms with Crippen molar-refractivity contribution in [2.45, 2.75) is 33.3 Å². The number of aromatic nitrogens is 1. The van der Waals surface area contributed by atoms with Crippen molar-refractivity contribution in [1.29, 1.82) is 0 Å². The normalized spacial score (nSPS) is 11.3. The first kappa shape index (κ1) is 20.5. The fraction of sp³-hybridized carbons (Fsp3) is 0.292. The van der Waals surface area contributed by atoms with Crippen molar-refractivity contribution in [2.24, 2.45) is 5.41 Å². The van der Waals surface area contributed by atoms with Gasteiger partial charge >= 0.3 is 5.97 Å². The molecule has 0 spiro atoms. The third-order valence-corrected chi connectivity index (χ3v) is 4.74. The molecule has 0 aliphatic carbocycles. The largest absolute Gasteiger partial charge is 0.487 e. The highest BCUT2D eigenvalue weighted by atomic mass is 16.5. The molecular formula is C24H25NO4. The average Bonchev–Trinajstić information content (AvgIpc) is 2.72. The molecule has 0 unspecified atom stereocenters. The Bertz CT molecular complexity index is 1010. The van der Waals surface area contributed by atoms with Gasteiger partial charge in [-0.25, -0.2) is 4.98 Å². The maximum Gasteiger partial charge on any atom is 0.311 e. The van der Waals surface area contributed by atoms with Crippen LogP contribution in [0.1, 0.15) is 31.5 Å². The van der Waals surface area contributed by atoms with Gasteiger partial charge in [0, 0.05) is 18.2 Å². The molecule has 3 rings (SSSR count). The lowest BCUT2D eigenvalue weighted by atomic mass is 9.86. The number of fused-ring (bicyclic) bond motifs is 1. The molecule has 1 heterocycles. The first-order valence-corrected chi connectivity index (χ1v) is 9.54. The van der Waals surface area contributed by atoms with E-state index in [4.69, 9.17) is 9.47 Å². The van der Waals surface area contributed by atoms with Crippen LogP contribution in [-0.2, 0) is 27.4 Å². The summed E-state index contributed by atoms with van der Waals surface area (Å²) in [5.41, 5.74) is 1.86. The van der Waals surface area contributed by atoms with Crippen LogP contribution in [0, 0.1) is 5.41 Å². The molecule has 150 valence electrons. The van der Waals surface area contributed by atoms with Crippen LogP contribution < -0.4 is 4.74 Å². The first-order valence-electron chi connectivity index (χ1n) is 9.54. The third kappa shape index (κ3) is 5.41. The van der Waals surface area contributed by atoms with Gasteiger partial charge in [0.2, 0.25) is 0 Å². The van der Waals surface area contributed by atoms with E-state index in [2.05, 4.69) is 4.98 Å². The van der Waals surface area contributed by atoms with Crippen LogP contribution in [0.4, 0.5) is 0 Å². The standard InChI is InChI=1S/C24H25NO4/c1-24(2,23(27)28-3)15-20(26)14-17-8-12-21(13-9-17)29-16-19-11-10-18-6-4-5-7-22(18)25-19/h4-13H,14-16H2,1-3H3. The van der Waals surface area contributed by atoms with Gasteiger partial charge in [-0.05, 0) is 43.7 Å². The molecule has 0 radical (unpaired) electrons. The number of methoxy groups -OCH3 is 1. The molecule has 3 aromatic rings. The molecule has 0 aliphatic heterocycles. The number of nitrogens with zero attached hydrogens (tertiary/aromatic N) is 1. The summed E-state index contributed by atoms with van der Waals surface area (Å²) in [6, 6.07) is 19.4. The van der Waals surface area contributed by atoms with E-state index in [1.807, 2.05) is 60.7 Å². The number of benzene rings is 2. The van der Waals surface area contributed by atoms with Gasteiger partial charge in [-0.15, -0.1) is 0 Å². The Labute approximate surface area is 170 Å². The minimum atomic E-state index is -0.818. The first-order chi connectivity index (χ1) is 13.9. The van der Waals surface area contributed by atoms with Crippen LogP contribution in [0.15, 0.2) is 60.7 Å². The van der Waals surface area contributed by atoms with Gasteiger partial charge in [0.25, 0.3) is 0 Å². The summed E-state index contributed by atoms with van der Waals surface area (Å²) in [7, 11) is 1.33. The number of pyridine rings is 1. The molecule has 5 nitrogen and oxygen atoms in total. The number of ketones is 1. The van der Waals surface area contributed by atoms with Crippen LogP contribution in [0.2, 0.25) is 0 Å². The van der Waals surface area contributed by atoms with Gasteiger partial charge in [0.05, 0.1) is 23.7 Å². The zero-order valence-corrected chi connectivity index (χ0v) is 17.0. The summed E-state index contributed by atoms with van der Waals surface area (Å²) < 4.78 is 10.6. The Balaban J connectivity index is 1.55. The molecule has 0 bridgehead atoms. The lowest BCUT2D eigenvalue weighted by Gasteiger charge is -2.20. The maximum absolute atomic E-state index is 12.3. The minimum absolute atomic E-state index is 0.00516. The van der Waals surface area contributed by atoms with E-state index in [9.17, 15) is 9.59 Å². The Morgan fingerprint density at radius 2 is 1.69 bits per heavy atom. The smallest absolute Gasteiger partial charge is 0.311 e. The number of hydrogen-bond donors (Lipinski definition) is 0. The lowest BCUT2D eigenvalue weighted by molar-refractivity contribution is -0.152. The van der Waals surface area contributed by atoms with Crippen LogP contribution in [0.25, 0.3) is 10.9 Å². The van der Waals surface area contributed by atoms with Crippen molar-refractivity contribution >= 4 is 22.7 Å². The summed E-state index contributed by atoms with van der Waals surface area (Å²) in [5, 5.41) is 1.10. The Hall–Kier alpha value is -3.21. The molecular weight excluding hydrogens is 366 g/mol.